The fourth-order valence-electron chi connectivity index (χ4n) is 1.52. The summed E-state index contributed by atoms with van der Waals surface area (Å²) in [6.45, 7) is 0. The van der Waals surface area contributed by atoms with Crippen LogP contribution >= 0.6 is 22.9 Å². The molecule has 10 heteroatoms. The number of carboxylic acids is 1. The molecule has 0 radical (unpaired) electrons. The number of hydrogen-bond donors (Lipinski definition) is 2. The number of benzene rings is 1. The summed E-state index contributed by atoms with van der Waals surface area (Å²) in [7, 11) is -2.74. The van der Waals surface area contributed by atoms with Gasteiger partial charge in [0.25, 0.3) is 10.0 Å². The van der Waals surface area contributed by atoms with Crippen LogP contribution in [0.5, 0.6) is 5.75 Å². The number of aromatic carboxylic acids is 1. The van der Waals surface area contributed by atoms with Crippen molar-refractivity contribution in [1.29, 1.82) is 0 Å². The molecule has 1 heterocycles. The fourth-order valence-corrected chi connectivity index (χ4v) is 3.89. The summed E-state index contributed by atoms with van der Waals surface area (Å²) in [5.41, 5.74) is 0.718. The third kappa shape index (κ3) is 3.26. The molecular weight excluding hydrogens is 340 g/mol. The molecule has 2 rings (SSSR count). The zero-order valence-electron chi connectivity index (χ0n) is 10.5. The number of sulfonamides is 1. The van der Waals surface area contributed by atoms with E-state index in [1.54, 1.807) is 0 Å². The summed E-state index contributed by atoms with van der Waals surface area (Å²) in [5.74, 6) is -1.17. The Kier molecular flexibility index (Phi) is 4.35. The quantitative estimate of drug-likeness (QED) is 0.858. The number of aromatic nitrogens is 1. The lowest BCUT2D eigenvalue weighted by atomic mass is 10.3. The first kappa shape index (κ1) is 15.5. The third-order valence-corrected chi connectivity index (χ3v) is 5.36. The van der Waals surface area contributed by atoms with Gasteiger partial charge in [0.15, 0.2) is 9.90 Å². The van der Waals surface area contributed by atoms with Crippen LogP contribution in [0.1, 0.15) is 10.5 Å². The number of carboxylic acid groups (broad SMARTS) is 1. The van der Waals surface area contributed by atoms with Gasteiger partial charge in [0.2, 0.25) is 0 Å². The first-order chi connectivity index (χ1) is 9.85. The summed E-state index contributed by atoms with van der Waals surface area (Å²) in [6, 6.07) is 4.39. The average Bonchev–Trinajstić information content (AvgIpc) is 2.88. The summed E-state index contributed by atoms with van der Waals surface area (Å²) in [4.78, 5) is 14.5. The van der Waals surface area contributed by atoms with Crippen LogP contribution in [0.4, 0.5) is 5.69 Å². The van der Waals surface area contributed by atoms with E-state index in [1.807, 2.05) is 0 Å². The maximum Gasteiger partial charge on any atom is 0.356 e. The highest BCUT2D eigenvalue weighted by molar-refractivity contribution is 7.94. The topological polar surface area (TPSA) is 106 Å². The van der Waals surface area contributed by atoms with Crippen molar-refractivity contribution < 1.29 is 23.1 Å². The number of ether oxygens (including phenoxy) is 1. The first-order valence-electron chi connectivity index (χ1n) is 5.38. The second-order valence-electron chi connectivity index (χ2n) is 3.74. The SMILES string of the molecule is COc1ccc(Cl)cc1NS(=O)(=O)c1scnc1C(=O)O. The lowest BCUT2D eigenvalue weighted by molar-refractivity contribution is 0.0687. The van der Waals surface area contributed by atoms with Gasteiger partial charge in [-0.2, -0.15) is 0 Å². The minimum absolute atomic E-state index is 0.106. The molecule has 21 heavy (non-hydrogen) atoms. The summed E-state index contributed by atoms with van der Waals surface area (Å²) in [6.07, 6.45) is 0. The second-order valence-corrected chi connectivity index (χ2v) is 6.91. The molecule has 1 aromatic carbocycles. The number of nitrogens with zero attached hydrogens (tertiary/aromatic N) is 1. The first-order valence-corrected chi connectivity index (χ1v) is 8.12. The molecule has 0 spiro atoms. The molecule has 2 N–H and O–H groups in total. The largest absolute Gasteiger partial charge is 0.495 e. The van der Waals surface area contributed by atoms with E-state index >= 15 is 0 Å². The monoisotopic (exact) mass is 348 g/mol. The maximum absolute atomic E-state index is 12.3. The van der Waals surface area contributed by atoms with Gasteiger partial charge >= 0.3 is 5.97 Å². The van der Waals surface area contributed by atoms with Crippen LogP contribution in [0.2, 0.25) is 5.02 Å². The normalized spacial score (nSPS) is 11.1. The van der Waals surface area contributed by atoms with Crippen molar-refractivity contribution in [1.82, 2.24) is 4.98 Å². The van der Waals surface area contributed by atoms with Crippen LogP contribution in [0.15, 0.2) is 27.9 Å². The average molecular weight is 349 g/mol. The number of halogens is 1. The highest BCUT2D eigenvalue weighted by Gasteiger charge is 2.26. The number of thiazole rings is 1. The molecular formula is C11H9ClN2O5S2. The summed E-state index contributed by atoms with van der Waals surface area (Å²) >= 11 is 6.52. The molecule has 0 fully saturated rings. The van der Waals surface area contributed by atoms with E-state index in [2.05, 4.69) is 9.71 Å². The Morgan fingerprint density at radius 3 is 2.81 bits per heavy atom. The predicted octanol–water partition coefficient (Wildman–Crippen LogP) is 2.30. The Balaban J connectivity index is 2.45. The molecule has 0 aliphatic rings. The van der Waals surface area contributed by atoms with E-state index in [-0.39, 0.29) is 11.4 Å². The molecule has 0 aliphatic heterocycles. The molecule has 0 saturated heterocycles. The number of hydrogen-bond acceptors (Lipinski definition) is 6. The van der Waals surface area contributed by atoms with Crippen molar-refractivity contribution in [2.45, 2.75) is 4.21 Å². The van der Waals surface area contributed by atoms with Crippen molar-refractivity contribution in [3.8, 4) is 5.75 Å². The highest BCUT2D eigenvalue weighted by Crippen LogP contribution is 2.31. The van der Waals surface area contributed by atoms with Gasteiger partial charge in [0.1, 0.15) is 5.75 Å². The maximum atomic E-state index is 12.3. The fraction of sp³-hybridized carbons (Fsp3) is 0.0909. The zero-order valence-corrected chi connectivity index (χ0v) is 12.9. The molecule has 0 unspecified atom stereocenters. The molecule has 7 nitrogen and oxygen atoms in total. The molecule has 0 saturated carbocycles. The van der Waals surface area contributed by atoms with Crippen molar-refractivity contribution in [3.05, 3.63) is 34.4 Å². The number of anilines is 1. The molecule has 0 amide bonds. The number of methoxy groups -OCH3 is 1. The van der Waals surface area contributed by atoms with E-state index in [0.717, 1.165) is 5.51 Å². The van der Waals surface area contributed by atoms with E-state index in [0.29, 0.717) is 16.4 Å². The van der Waals surface area contributed by atoms with Crippen molar-refractivity contribution >= 4 is 44.6 Å². The third-order valence-electron chi connectivity index (χ3n) is 2.39. The van der Waals surface area contributed by atoms with E-state index < -0.39 is 25.9 Å². The lowest BCUT2D eigenvalue weighted by Gasteiger charge is -2.11. The number of carbonyl (C=O) groups is 1. The molecule has 1 aromatic heterocycles. The van der Waals surface area contributed by atoms with Crippen LogP contribution in [0.3, 0.4) is 0 Å². The van der Waals surface area contributed by atoms with Crippen LogP contribution in [0, 0.1) is 0 Å². The minimum Gasteiger partial charge on any atom is -0.495 e. The number of rotatable bonds is 5. The van der Waals surface area contributed by atoms with E-state index in [4.69, 9.17) is 21.4 Å². The van der Waals surface area contributed by atoms with Crippen LogP contribution in [0.25, 0.3) is 0 Å². The van der Waals surface area contributed by atoms with Crippen molar-refractivity contribution in [2.75, 3.05) is 11.8 Å². The van der Waals surface area contributed by atoms with Gasteiger partial charge < -0.3 is 9.84 Å². The Morgan fingerprint density at radius 1 is 1.48 bits per heavy atom. The smallest absolute Gasteiger partial charge is 0.356 e. The van der Waals surface area contributed by atoms with Gasteiger partial charge in [-0.3, -0.25) is 4.72 Å². The van der Waals surface area contributed by atoms with Gasteiger partial charge in [0.05, 0.1) is 18.3 Å². The van der Waals surface area contributed by atoms with E-state index in [9.17, 15) is 13.2 Å². The Hall–Kier alpha value is -1.84. The van der Waals surface area contributed by atoms with Gasteiger partial charge in [-0.1, -0.05) is 11.6 Å². The molecule has 0 aliphatic carbocycles. The van der Waals surface area contributed by atoms with Crippen LogP contribution < -0.4 is 9.46 Å². The van der Waals surface area contributed by atoms with Crippen molar-refractivity contribution in [2.24, 2.45) is 0 Å². The Bertz CT molecular complexity index is 788. The predicted molar refractivity (Wildman–Crippen MR) is 77.9 cm³/mol. The molecule has 112 valence electrons. The standard InChI is InChI=1S/C11H9ClN2O5S2/c1-19-8-3-2-6(12)4-7(8)14-21(17,18)11-9(10(15)16)13-5-20-11/h2-5,14H,1H3,(H,15,16). The second kappa shape index (κ2) is 5.88. The summed E-state index contributed by atoms with van der Waals surface area (Å²) < 4.78 is 31.4. The van der Waals surface area contributed by atoms with Gasteiger partial charge in [-0.05, 0) is 18.2 Å². The Morgan fingerprint density at radius 2 is 2.19 bits per heavy atom. The highest BCUT2D eigenvalue weighted by atomic mass is 35.5. The summed E-state index contributed by atoms with van der Waals surface area (Å²) in [5, 5.41) is 9.24. The van der Waals surface area contributed by atoms with E-state index in [1.165, 1.54) is 25.3 Å². The minimum atomic E-state index is -4.11. The van der Waals surface area contributed by atoms with Gasteiger partial charge in [-0.25, -0.2) is 18.2 Å². The molecule has 0 atom stereocenters. The van der Waals surface area contributed by atoms with Crippen LogP contribution in [-0.2, 0) is 10.0 Å². The van der Waals surface area contributed by atoms with Crippen molar-refractivity contribution in [3.63, 3.8) is 0 Å². The van der Waals surface area contributed by atoms with Gasteiger partial charge in [-0.15, -0.1) is 11.3 Å². The molecule has 0 bridgehead atoms. The van der Waals surface area contributed by atoms with Gasteiger partial charge in [0, 0.05) is 5.02 Å². The molecule has 2 aromatic rings. The van der Waals surface area contributed by atoms with Crippen LogP contribution in [-0.4, -0.2) is 31.6 Å². The number of nitrogens with one attached hydrogen (secondary N) is 1. The lowest BCUT2D eigenvalue weighted by Crippen LogP contribution is -2.15. The Labute approximate surface area is 129 Å². The zero-order chi connectivity index (χ0) is 15.6.